The first kappa shape index (κ1) is 18.5. The van der Waals surface area contributed by atoms with Crippen molar-refractivity contribution in [1.82, 2.24) is 9.80 Å². The van der Waals surface area contributed by atoms with Crippen molar-refractivity contribution >= 4 is 11.8 Å². The largest absolute Gasteiger partial charge is 0.389 e. The number of aliphatic hydroxyl groups is 1. The first-order chi connectivity index (χ1) is 11.2. The van der Waals surface area contributed by atoms with Crippen molar-refractivity contribution in [3.63, 3.8) is 0 Å². The summed E-state index contributed by atoms with van der Waals surface area (Å²) in [6.07, 6.45) is 1.61. The maximum atomic E-state index is 12.6. The Kier molecular flexibility index (Phi) is 5.65. The van der Waals surface area contributed by atoms with Gasteiger partial charge in [-0.15, -0.1) is 0 Å². The highest BCUT2D eigenvalue weighted by atomic mass is 16.3. The predicted octanol–water partition coefficient (Wildman–Crippen LogP) is 2.08. The molecule has 5 heteroatoms. The second kappa shape index (κ2) is 7.34. The number of likely N-dealkylation sites (tertiary alicyclic amines) is 1. The van der Waals surface area contributed by atoms with Crippen LogP contribution in [0.15, 0.2) is 24.3 Å². The number of carbonyl (C=O) groups excluding carboxylic acids is 2. The molecule has 0 spiro atoms. The Morgan fingerprint density at radius 3 is 2.50 bits per heavy atom. The van der Waals surface area contributed by atoms with Crippen LogP contribution in [0.3, 0.4) is 0 Å². The lowest BCUT2D eigenvalue weighted by Crippen LogP contribution is -2.48. The van der Waals surface area contributed by atoms with Gasteiger partial charge in [-0.2, -0.15) is 0 Å². The van der Waals surface area contributed by atoms with Crippen LogP contribution in [0.25, 0.3) is 0 Å². The summed E-state index contributed by atoms with van der Waals surface area (Å²) in [5, 5.41) is 9.89. The van der Waals surface area contributed by atoms with Gasteiger partial charge in [0, 0.05) is 32.2 Å². The number of rotatable bonds is 4. The minimum Gasteiger partial charge on any atom is -0.389 e. The van der Waals surface area contributed by atoms with Gasteiger partial charge in [0.05, 0.1) is 11.5 Å². The molecule has 1 saturated heterocycles. The molecule has 0 bridgehead atoms. The Morgan fingerprint density at radius 1 is 1.29 bits per heavy atom. The molecular weight excluding hydrogens is 304 g/mol. The maximum Gasteiger partial charge on any atom is 0.253 e. The second-order valence-corrected chi connectivity index (χ2v) is 7.46. The number of carbonyl (C=O) groups is 2. The summed E-state index contributed by atoms with van der Waals surface area (Å²) in [5.74, 6) is -0.211. The molecule has 24 heavy (non-hydrogen) atoms. The van der Waals surface area contributed by atoms with E-state index >= 15 is 0 Å². The average Bonchev–Trinajstić information content (AvgIpc) is 2.52. The highest BCUT2D eigenvalue weighted by molar-refractivity contribution is 5.94. The highest BCUT2D eigenvalue weighted by Gasteiger charge is 2.31. The topological polar surface area (TPSA) is 60.9 Å². The number of benzene rings is 1. The number of hydrogen-bond donors (Lipinski definition) is 1. The van der Waals surface area contributed by atoms with Crippen LogP contribution in [-0.4, -0.2) is 59.0 Å². The summed E-state index contributed by atoms with van der Waals surface area (Å²) < 4.78 is 0. The fourth-order valence-electron chi connectivity index (χ4n) is 3.21. The van der Waals surface area contributed by atoms with E-state index in [2.05, 4.69) is 0 Å². The smallest absolute Gasteiger partial charge is 0.253 e. The van der Waals surface area contributed by atoms with Crippen LogP contribution in [0, 0.1) is 12.8 Å². The van der Waals surface area contributed by atoms with E-state index < -0.39 is 5.60 Å². The molecule has 132 valence electrons. The van der Waals surface area contributed by atoms with Crippen molar-refractivity contribution in [3.05, 3.63) is 35.4 Å². The number of amides is 2. The molecule has 0 aliphatic carbocycles. The Hall–Kier alpha value is -1.88. The van der Waals surface area contributed by atoms with Crippen LogP contribution in [0.4, 0.5) is 0 Å². The Balaban J connectivity index is 2.02. The molecular formula is C19H28N2O3. The lowest BCUT2D eigenvalue weighted by atomic mass is 9.95. The summed E-state index contributed by atoms with van der Waals surface area (Å²) in [4.78, 5) is 28.6. The third-order valence-electron chi connectivity index (χ3n) is 4.36. The minimum absolute atomic E-state index is 0.00136. The third-order valence-corrected chi connectivity index (χ3v) is 4.36. The monoisotopic (exact) mass is 332 g/mol. The number of hydrogen-bond acceptors (Lipinski definition) is 3. The minimum atomic E-state index is -0.920. The first-order valence-electron chi connectivity index (χ1n) is 8.51. The van der Waals surface area contributed by atoms with Crippen molar-refractivity contribution < 1.29 is 14.7 Å². The molecule has 2 amide bonds. The first-order valence-corrected chi connectivity index (χ1v) is 8.51. The van der Waals surface area contributed by atoms with E-state index in [1.165, 1.54) is 0 Å². The van der Waals surface area contributed by atoms with Gasteiger partial charge >= 0.3 is 0 Å². The maximum absolute atomic E-state index is 12.6. The summed E-state index contributed by atoms with van der Waals surface area (Å²) >= 11 is 0. The lowest BCUT2D eigenvalue weighted by Gasteiger charge is -2.35. The van der Waals surface area contributed by atoms with Crippen LogP contribution < -0.4 is 0 Å². The molecule has 1 aliphatic heterocycles. The number of likely N-dealkylation sites (N-methyl/N-ethyl adjacent to an activating group) is 1. The SMILES string of the molecule is Cc1ccc(C(=O)N2CCCC(C(=O)N(C)CC(C)(C)O)C2)cc1. The van der Waals surface area contributed by atoms with Gasteiger partial charge in [-0.1, -0.05) is 17.7 Å². The van der Waals surface area contributed by atoms with Crippen molar-refractivity contribution in [3.8, 4) is 0 Å². The van der Waals surface area contributed by atoms with Crippen LogP contribution in [0.1, 0.15) is 42.6 Å². The normalized spacial score (nSPS) is 18.4. The van der Waals surface area contributed by atoms with Gasteiger partial charge in [-0.3, -0.25) is 9.59 Å². The van der Waals surface area contributed by atoms with Gasteiger partial charge in [0.1, 0.15) is 0 Å². The van der Waals surface area contributed by atoms with E-state index in [-0.39, 0.29) is 24.3 Å². The van der Waals surface area contributed by atoms with Crippen molar-refractivity contribution in [2.24, 2.45) is 5.92 Å². The molecule has 1 aliphatic rings. The average molecular weight is 332 g/mol. The van der Waals surface area contributed by atoms with E-state index in [1.54, 1.807) is 30.7 Å². The molecule has 0 saturated carbocycles. The summed E-state index contributed by atoms with van der Waals surface area (Å²) in [6, 6.07) is 7.53. The fraction of sp³-hybridized carbons (Fsp3) is 0.579. The predicted molar refractivity (Wildman–Crippen MR) is 93.7 cm³/mol. The molecule has 1 aromatic carbocycles. The quantitative estimate of drug-likeness (QED) is 0.918. The number of nitrogens with zero attached hydrogens (tertiary/aromatic N) is 2. The molecule has 1 aromatic rings. The fourth-order valence-corrected chi connectivity index (χ4v) is 3.21. The second-order valence-electron chi connectivity index (χ2n) is 7.46. The van der Waals surface area contributed by atoms with Gasteiger partial charge in [0.15, 0.2) is 0 Å². The number of aryl methyl sites for hydroxylation is 1. The van der Waals surface area contributed by atoms with E-state index in [4.69, 9.17) is 0 Å². The standard InChI is InChI=1S/C19H28N2O3/c1-14-7-9-15(10-8-14)18(23)21-11-5-6-16(12-21)17(22)20(4)13-19(2,3)24/h7-10,16,24H,5-6,11-13H2,1-4H3. The zero-order chi connectivity index (χ0) is 17.9. The van der Waals surface area contributed by atoms with Crippen molar-refractivity contribution in [2.45, 2.75) is 39.2 Å². The van der Waals surface area contributed by atoms with Gasteiger partial charge in [0.25, 0.3) is 5.91 Å². The molecule has 1 atom stereocenters. The highest BCUT2D eigenvalue weighted by Crippen LogP contribution is 2.21. The van der Waals surface area contributed by atoms with Gasteiger partial charge in [-0.25, -0.2) is 0 Å². The summed E-state index contributed by atoms with van der Waals surface area (Å²) in [5.41, 5.74) is 0.862. The molecule has 1 fully saturated rings. The molecule has 1 unspecified atom stereocenters. The van der Waals surface area contributed by atoms with Crippen LogP contribution >= 0.6 is 0 Å². The zero-order valence-electron chi connectivity index (χ0n) is 15.1. The Bertz CT molecular complexity index is 590. The van der Waals surface area contributed by atoms with Gasteiger partial charge in [0.2, 0.25) is 5.91 Å². The molecule has 5 nitrogen and oxygen atoms in total. The van der Waals surface area contributed by atoms with Gasteiger partial charge < -0.3 is 14.9 Å². The molecule has 2 rings (SSSR count). The van der Waals surface area contributed by atoms with Crippen LogP contribution in [-0.2, 0) is 4.79 Å². The summed E-state index contributed by atoms with van der Waals surface area (Å²) in [7, 11) is 1.71. The molecule has 0 aromatic heterocycles. The van der Waals surface area contributed by atoms with Crippen molar-refractivity contribution in [1.29, 1.82) is 0 Å². The third kappa shape index (κ3) is 4.81. The van der Waals surface area contributed by atoms with E-state index in [9.17, 15) is 14.7 Å². The van der Waals surface area contributed by atoms with Crippen molar-refractivity contribution in [2.75, 3.05) is 26.7 Å². The molecule has 0 radical (unpaired) electrons. The van der Waals surface area contributed by atoms with E-state index in [0.717, 1.165) is 18.4 Å². The molecule has 1 N–H and O–H groups in total. The van der Waals surface area contributed by atoms with Crippen LogP contribution in [0.2, 0.25) is 0 Å². The Morgan fingerprint density at radius 2 is 1.92 bits per heavy atom. The number of piperidine rings is 1. The van der Waals surface area contributed by atoms with E-state index in [1.807, 2.05) is 31.2 Å². The molecule has 1 heterocycles. The summed E-state index contributed by atoms with van der Waals surface area (Å²) in [6.45, 7) is 6.78. The Labute approximate surface area is 144 Å². The zero-order valence-corrected chi connectivity index (χ0v) is 15.1. The lowest BCUT2D eigenvalue weighted by molar-refractivity contribution is -0.138. The van der Waals surface area contributed by atoms with E-state index in [0.29, 0.717) is 18.7 Å². The van der Waals surface area contributed by atoms with Crippen LogP contribution in [0.5, 0.6) is 0 Å². The van der Waals surface area contributed by atoms with Gasteiger partial charge in [-0.05, 0) is 45.7 Å².